The summed E-state index contributed by atoms with van der Waals surface area (Å²) in [5.41, 5.74) is 2.91. The maximum Gasteiger partial charge on any atom is 0.226 e. The summed E-state index contributed by atoms with van der Waals surface area (Å²) in [6, 6.07) is 19.3. The zero-order valence-electron chi connectivity index (χ0n) is 18.7. The Labute approximate surface area is 207 Å². The molecular formula is C26H23FN6OS. The highest BCUT2D eigenvalue weighted by Crippen LogP contribution is 2.39. The summed E-state index contributed by atoms with van der Waals surface area (Å²) in [6.07, 6.45) is 7.39. The third-order valence-electron chi connectivity index (χ3n) is 5.93. The number of hydrogen-bond acceptors (Lipinski definition) is 4. The standard InChI is InChI=1S/C26H23FN6OS/c27-19-8-1-2-9-20(19)30-23(34)12-16-33-25(24(31-26(33)35)21-10-3-4-14-29-21)22-11-6-15-32(22)18-7-5-13-28-17-18/h1-11,13-15,17,24-25H,12,16H2,(H,30,34)(H,31,35)/t24-,25+/m0/s1. The molecule has 176 valence electrons. The number of aromatic nitrogens is 3. The molecule has 1 aliphatic rings. The predicted octanol–water partition coefficient (Wildman–Crippen LogP) is 4.41. The second-order valence-corrected chi connectivity index (χ2v) is 8.50. The van der Waals surface area contributed by atoms with Gasteiger partial charge in [-0.25, -0.2) is 4.39 Å². The molecule has 0 saturated carbocycles. The SMILES string of the molecule is O=C(CCN1C(=S)N[C@@H](c2ccccn2)[C@H]1c1cccn1-c1cccnc1)Nc1ccccc1F. The summed E-state index contributed by atoms with van der Waals surface area (Å²) in [6.45, 7) is 0.346. The van der Waals surface area contributed by atoms with Crippen molar-refractivity contribution in [1.82, 2.24) is 24.8 Å². The summed E-state index contributed by atoms with van der Waals surface area (Å²) in [5, 5.41) is 6.57. The Hall–Kier alpha value is -4.11. The van der Waals surface area contributed by atoms with Crippen molar-refractivity contribution in [1.29, 1.82) is 0 Å². The Morgan fingerprint density at radius 3 is 2.69 bits per heavy atom. The molecule has 2 atom stereocenters. The molecule has 0 radical (unpaired) electrons. The normalized spacial score (nSPS) is 17.3. The van der Waals surface area contributed by atoms with Crippen LogP contribution >= 0.6 is 12.2 Å². The van der Waals surface area contributed by atoms with Gasteiger partial charge in [0.25, 0.3) is 0 Å². The number of carbonyl (C=O) groups is 1. The van der Waals surface area contributed by atoms with Crippen molar-refractivity contribution in [3.05, 3.63) is 109 Å². The van der Waals surface area contributed by atoms with Crippen molar-refractivity contribution in [2.45, 2.75) is 18.5 Å². The molecule has 4 heterocycles. The largest absolute Gasteiger partial charge is 0.352 e. The highest BCUT2D eigenvalue weighted by molar-refractivity contribution is 7.80. The lowest BCUT2D eigenvalue weighted by atomic mass is 10.0. The first-order valence-corrected chi connectivity index (χ1v) is 11.6. The Morgan fingerprint density at radius 2 is 1.91 bits per heavy atom. The van der Waals surface area contributed by atoms with Gasteiger partial charge >= 0.3 is 0 Å². The van der Waals surface area contributed by atoms with Gasteiger partial charge in [0.2, 0.25) is 5.91 Å². The summed E-state index contributed by atoms with van der Waals surface area (Å²) in [5.74, 6) is -0.762. The maximum atomic E-state index is 14.0. The monoisotopic (exact) mass is 486 g/mol. The fourth-order valence-electron chi connectivity index (χ4n) is 4.33. The van der Waals surface area contributed by atoms with E-state index in [9.17, 15) is 9.18 Å². The van der Waals surface area contributed by atoms with Gasteiger partial charge in [-0.05, 0) is 60.7 Å². The molecule has 0 aliphatic carbocycles. The Balaban J connectivity index is 1.44. The molecule has 1 fully saturated rings. The summed E-state index contributed by atoms with van der Waals surface area (Å²) in [7, 11) is 0. The van der Waals surface area contributed by atoms with Crippen LogP contribution in [0.2, 0.25) is 0 Å². The third-order valence-corrected chi connectivity index (χ3v) is 6.29. The fourth-order valence-corrected chi connectivity index (χ4v) is 4.66. The minimum atomic E-state index is -0.471. The van der Waals surface area contributed by atoms with Crippen LogP contribution in [0.5, 0.6) is 0 Å². The predicted molar refractivity (Wildman–Crippen MR) is 135 cm³/mol. The number of halogens is 1. The number of anilines is 1. The highest BCUT2D eigenvalue weighted by Gasteiger charge is 2.41. The molecule has 9 heteroatoms. The van der Waals surface area contributed by atoms with Crippen LogP contribution in [0.1, 0.15) is 29.9 Å². The number of nitrogens with zero attached hydrogens (tertiary/aromatic N) is 4. The zero-order chi connectivity index (χ0) is 24.2. The molecule has 1 aromatic carbocycles. The number of thiocarbonyl (C=S) groups is 1. The van der Waals surface area contributed by atoms with Gasteiger partial charge < -0.3 is 20.1 Å². The zero-order valence-corrected chi connectivity index (χ0v) is 19.5. The van der Waals surface area contributed by atoms with Crippen molar-refractivity contribution in [3.63, 3.8) is 0 Å². The molecule has 4 aromatic rings. The highest BCUT2D eigenvalue weighted by atomic mass is 32.1. The molecule has 0 unspecified atom stereocenters. The molecule has 1 aliphatic heterocycles. The van der Waals surface area contributed by atoms with E-state index in [0.29, 0.717) is 11.7 Å². The minimum Gasteiger partial charge on any atom is -0.352 e. The van der Waals surface area contributed by atoms with Gasteiger partial charge in [-0.15, -0.1) is 0 Å². The van der Waals surface area contributed by atoms with Gasteiger partial charge in [-0.2, -0.15) is 0 Å². The lowest BCUT2D eigenvalue weighted by Gasteiger charge is -2.28. The fraction of sp³-hybridized carbons (Fsp3) is 0.154. The molecule has 1 saturated heterocycles. The van der Waals surface area contributed by atoms with E-state index in [1.54, 1.807) is 30.7 Å². The average molecular weight is 487 g/mol. The van der Waals surface area contributed by atoms with E-state index in [0.717, 1.165) is 17.1 Å². The van der Waals surface area contributed by atoms with Crippen LogP contribution < -0.4 is 10.6 Å². The summed E-state index contributed by atoms with van der Waals surface area (Å²) < 4.78 is 16.0. The molecule has 5 rings (SSSR count). The number of hydrogen-bond donors (Lipinski definition) is 2. The number of amides is 1. The number of para-hydroxylation sites is 1. The van der Waals surface area contributed by atoms with Crippen LogP contribution in [0, 0.1) is 5.82 Å². The van der Waals surface area contributed by atoms with Crippen molar-refractivity contribution >= 4 is 28.9 Å². The van der Waals surface area contributed by atoms with Crippen LogP contribution in [0.15, 0.2) is 91.5 Å². The first-order valence-electron chi connectivity index (χ1n) is 11.2. The van der Waals surface area contributed by atoms with E-state index in [1.807, 2.05) is 53.6 Å². The molecular weight excluding hydrogens is 463 g/mol. The van der Waals surface area contributed by atoms with Gasteiger partial charge in [-0.3, -0.25) is 14.8 Å². The number of carbonyl (C=O) groups excluding carboxylic acids is 1. The van der Waals surface area contributed by atoms with E-state index in [1.165, 1.54) is 12.1 Å². The summed E-state index contributed by atoms with van der Waals surface area (Å²) in [4.78, 5) is 23.5. The number of rotatable bonds is 7. The van der Waals surface area contributed by atoms with Crippen molar-refractivity contribution < 1.29 is 9.18 Å². The lowest BCUT2D eigenvalue weighted by molar-refractivity contribution is -0.116. The number of nitrogens with one attached hydrogen (secondary N) is 2. The van der Waals surface area contributed by atoms with Gasteiger partial charge in [0.05, 0.1) is 35.3 Å². The van der Waals surface area contributed by atoms with Crippen LogP contribution in [-0.2, 0) is 4.79 Å². The molecule has 35 heavy (non-hydrogen) atoms. The van der Waals surface area contributed by atoms with Gasteiger partial charge in [-0.1, -0.05) is 18.2 Å². The molecule has 2 N–H and O–H groups in total. The van der Waals surface area contributed by atoms with Crippen LogP contribution in [0.4, 0.5) is 10.1 Å². The molecule has 3 aromatic heterocycles. The first kappa shape index (κ1) is 22.7. The second-order valence-electron chi connectivity index (χ2n) is 8.11. The third kappa shape index (κ3) is 4.76. The molecule has 7 nitrogen and oxygen atoms in total. The maximum absolute atomic E-state index is 14.0. The van der Waals surface area contributed by atoms with Crippen molar-refractivity contribution in [2.24, 2.45) is 0 Å². The number of pyridine rings is 2. The van der Waals surface area contributed by atoms with Crippen LogP contribution in [-0.4, -0.2) is 37.0 Å². The van der Waals surface area contributed by atoms with Crippen LogP contribution in [0.3, 0.4) is 0 Å². The van der Waals surface area contributed by atoms with E-state index >= 15 is 0 Å². The quantitative estimate of drug-likeness (QED) is 0.377. The van der Waals surface area contributed by atoms with E-state index in [4.69, 9.17) is 12.2 Å². The molecule has 1 amide bonds. The Kier molecular flexibility index (Phi) is 6.49. The van der Waals surface area contributed by atoms with Crippen LogP contribution in [0.25, 0.3) is 5.69 Å². The topological polar surface area (TPSA) is 75.1 Å². The van der Waals surface area contributed by atoms with E-state index in [2.05, 4.69) is 25.2 Å². The second kappa shape index (κ2) is 10.0. The van der Waals surface area contributed by atoms with Crippen molar-refractivity contribution in [2.75, 3.05) is 11.9 Å². The van der Waals surface area contributed by atoms with Gasteiger partial charge in [0.15, 0.2) is 5.11 Å². The van der Waals surface area contributed by atoms with Gasteiger partial charge in [0, 0.05) is 37.3 Å². The summed E-state index contributed by atoms with van der Waals surface area (Å²) >= 11 is 5.70. The average Bonchev–Trinajstić information content (AvgIpc) is 3.49. The lowest BCUT2D eigenvalue weighted by Crippen LogP contribution is -2.33. The molecule has 0 bridgehead atoms. The first-order chi connectivity index (χ1) is 17.1. The Morgan fingerprint density at radius 1 is 1.06 bits per heavy atom. The van der Waals surface area contributed by atoms with E-state index < -0.39 is 5.82 Å². The van der Waals surface area contributed by atoms with E-state index in [-0.39, 0.29) is 30.1 Å². The minimum absolute atomic E-state index is 0.134. The molecule has 0 spiro atoms. The smallest absolute Gasteiger partial charge is 0.226 e. The van der Waals surface area contributed by atoms with Gasteiger partial charge in [0.1, 0.15) is 5.82 Å². The van der Waals surface area contributed by atoms with Crippen molar-refractivity contribution in [3.8, 4) is 5.69 Å². The Bertz CT molecular complexity index is 1330. The number of benzene rings is 1.